The van der Waals surface area contributed by atoms with Crippen molar-refractivity contribution in [3.8, 4) is 11.5 Å². The molecule has 22 heteroatoms. The molecule has 4 aromatic rings. The maximum Gasteiger partial charge on any atom is 0.534 e. The van der Waals surface area contributed by atoms with Gasteiger partial charge < -0.3 is 8.37 Å². The molecule has 0 aliphatic carbocycles. The summed E-state index contributed by atoms with van der Waals surface area (Å²) in [4.78, 5) is 26.7. The molecule has 8 nitrogen and oxygen atoms in total. The molecular weight excluding hydrogens is 792 g/mol. The Morgan fingerprint density at radius 3 is 1.02 bits per heavy atom. The molecule has 0 N–H and O–H groups in total. The zero-order valence-corrected chi connectivity index (χ0v) is 27.0. The van der Waals surface area contributed by atoms with Gasteiger partial charge in [0.1, 0.15) is 0 Å². The van der Waals surface area contributed by atoms with E-state index < -0.39 is 105 Å². The standard InChI is InChI=1S/C31H16F12O8S2/c32-28(33,34)27(29(35,36)37,19-11-13-23(50-52(46,47)30(38,39)40)21(15-19)25(44)17-7-3-1-4-8-17)20-12-14-24(51-53(48,49)31(41,42)43)22(16-20)26(45)18-9-5-2-6-10-18/h1-16H. The van der Waals surface area contributed by atoms with E-state index in [0.717, 1.165) is 48.5 Å². The molecule has 0 unspecified atom stereocenters. The molecule has 0 radical (unpaired) electrons. The molecule has 284 valence electrons. The van der Waals surface area contributed by atoms with E-state index in [1.165, 1.54) is 12.1 Å². The van der Waals surface area contributed by atoms with Crippen molar-refractivity contribution in [2.24, 2.45) is 0 Å². The van der Waals surface area contributed by atoms with Crippen LogP contribution >= 0.6 is 0 Å². The molecule has 4 rings (SSSR count). The van der Waals surface area contributed by atoms with Crippen LogP contribution in [-0.2, 0) is 25.7 Å². The summed E-state index contributed by atoms with van der Waals surface area (Å²) in [6.45, 7) is 0. The van der Waals surface area contributed by atoms with Gasteiger partial charge in [0.2, 0.25) is 5.41 Å². The highest BCUT2D eigenvalue weighted by molar-refractivity contribution is 7.88. The van der Waals surface area contributed by atoms with Crippen LogP contribution in [0.5, 0.6) is 11.5 Å². The van der Waals surface area contributed by atoms with Crippen molar-refractivity contribution in [2.75, 3.05) is 0 Å². The molecule has 0 saturated carbocycles. The number of benzene rings is 4. The number of carbonyl (C=O) groups excluding carboxylic acids is 2. The first kappa shape index (κ1) is 40.6. The third-order valence-corrected chi connectivity index (χ3v) is 9.13. The second kappa shape index (κ2) is 13.7. The fourth-order valence-corrected chi connectivity index (χ4v) is 5.78. The van der Waals surface area contributed by atoms with Gasteiger partial charge in [-0.15, -0.1) is 0 Å². The molecule has 4 aromatic carbocycles. The molecule has 0 bridgehead atoms. The van der Waals surface area contributed by atoms with Gasteiger partial charge in [-0.3, -0.25) is 9.59 Å². The number of hydrogen-bond donors (Lipinski definition) is 0. The number of alkyl halides is 12. The lowest BCUT2D eigenvalue weighted by Gasteiger charge is -2.38. The SMILES string of the molecule is O=C(c1ccccc1)c1cc(C(c2ccc(OS(=O)(=O)C(F)(F)F)c(C(=O)c3ccccc3)c2)(C(F)(F)F)C(F)(F)F)ccc1OS(=O)(=O)C(F)(F)F. The average molecular weight is 809 g/mol. The zero-order valence-electron chi connectivity index (χ0n) is 25.4. The Bertz CT molecular complexity index is 2090. The van der Waals surface area contributed by atoms with Crippen LogP contribution in [0.15, 0.2) is 97.1 Å². The summed E-state index contributed by atoms with van der Waals surface area (Å²) in [7, 11) is -13.4. The number of carbonyl (C=O) groups is 2. The van der Waals surface area contributed by atoms with E-state index in [4.69, 9.17) is 0 Å². The van der Waals surface area contributed by atoms with Crippen LogP contribution < -0.4 is 8.37 Å². The minimum atomic E-state index is -6.70. The number of halogens is 12. The fraction of sp³-hybridized carbons (Fsp3) is 0.161. The van der Waals surface area contributed by atoms with Crippen LogP contribution in [0.3, 0.4) is 0 Å². The Balaban J connectivity index is 2.12. The predicted octanol–water partition coefficient (Wildman–Crippen LogP) is 8.02. The number of ketones is 2. The van der Waals surface area contributed by atoms with Crippen LogP contribution in [0, 0.1) is 0 Å². The van der Waals surface area contributed by atoms with Crippen molar-refractivity contribution in [3.63, 3.8) is 0 Å². The van der Waals surface area contributed by atoms with E-state index in [2.05, 4.69) is 8.37 Å². The van der Waals surface area contributed by atoms with Gasteiger partial charge in [0.25, 0.3) is 0 Å². The van der Waals surface area contributed by atoms with Crippen molar-refractivity contribution < 1.29 is 87.5 Å². The molecule has 0 atom stereocenters. The van der Waals surface area contributed by atoms with Crippen molar-refractivity contribution in [2.45, 2.75) is 28.8 Å². The quantitative estimate of drug-likeness (QED) is 0.0684. The summed E-state index contributed by atoms with van der Waals surface area (Å²) in [6.07, 6.45) is -13.2. The van der Waals surface area contributed by atoms with Gasteiger partial charge in [0, 0.05) is 11.1 Å². The van der Waals surface area contributed by atoms with Crippen LogP contribution in [0.4, 0.5) is 52.7 Å². The molecular formula is C31H16F12O8S2. The molecule has 0 aliphatic heterocycles. The summed E-state index contributed by atoms with van der Waals surface area (Å²) in [5, 5.41) is 0. The van der Waals surface area contributed by atoms with Crippen molar-refractivity contribution in [3.05, 3.63) is 130 Å². The molecule has 0 saturated heterocycles. The van der Waals surface area contributed by atoms with E-state index in [0.29, 0.717) is 0 Å². The normalized spacial score (nSPS) is 13.4. The van der Waals surface area contributed by atoms with Gasteiger partial charge in [0.15, 0.2) is 23.1 Å². The minimum Gasteiger partial charge on any atom is -0.375 e. The molecule has 53 heavy (non-hydrogen) atoms. The summed E-state index contributed by atoms with van der Waals surface area (Å²) in [6, 6.07) is 9.53. The van der Waals surface area contributed by atoms with E-state index in [1.807, 2.05) is 0 Å². The van der Waals surface area contributed by atoms with Crippen molar-refractivity contribution in [1.29, 1.82) is 0 Å². The zero-order chi connectivity index (χ0) is 40.0. The third-order valence-electron chi connectivity index (χ3n) is 7.20. The molecule has 0 aliphatic rings. The third kappa shape index (κ3) is 7.68. The molecule has 0 heterocycles. The smallest absolute Gasteiger partial charge is 0.375 e. The molecule has 0 spiro atoms. The van der Waals surface area contributed by atoms with Crippen LogP contribution in [0.2, 0.25) is 0 Å². The second-order valence-electron chi connectivity index (χ2n) is 10.5. The van der Waals surface area contributed by atoms with Crippen molar-refractivity contribution in [1.82, 2.24) is 0 Å². The van der Waals surface area contributed by atoms with Gasteiger partial charge in [-0.05, 0) is 35.4 Å². The lowest BCUT2D eigenvalue weighted by molar-refractivity contribution is -0.288. The Labute approximate surface area is 289 Å². The maximum atomic E-state index is 15.2. The fourth-order valence-electron chi connectivity index (χ4n) is 4.83. The topological polar surface area (TPSA) is 121 Å². The first-order chi connectivity index (χ1) is 24.2. The highest BCUT2D eigenvalue weighted by atomic mass is 32.2. The van der Waals surface area contributed by atoms with Crippen molar-refractivity contribution >= 4 is 31.8 Å². The minimum absolute atomic E-state index is 0.107. The van der Waals surface area contributed by atoms with Crippen LogP contribution in [-0.4, -0.2) is 51.8 Å². The van der Waals surface area contributed by atoms with Crippen LogP contribution in [0.25, 0.3) is 0 Å². The monoisotopic (exact) mass is 808 g/mol. The van der Waals surface area contributed by atoms with Crippen LogP contribution in [0.1, 0.15) is 43.0 Å². The first-order valence-corrected chi connectivity index (χ1v) is 16.6. The molecule has 0 amide bonds. The number of hydrogen-bond acceptors (Lipinski definition) is 8. The maximum absolute atomic E-state index is 15.2. The summed E-state index contributed by atoms with van der Waals surface area (Å²) in [5.41, 5.74) is -26.3. The van der Waals surface area contributed by atoms with E-state index >= 15 is 26.3 Å². The highest BCUT2D eigenvalue weighted by Crippen LogP contribution is 2.57. The Morgan fingerprint density at radius 1 is 0.453 bits per heavy atom. The van der Waals surface area contributed by atoms with E-state index in [9.17, 15) is 52.8 Å². The summed E-state index contributed by atoms with van der Waals surface area (Å²) >= 11 is 0. The Kier molecular flexibility index (Phi) is 10.5. The molecule has 0 aromatic heterocycles. The molecule has 0 fully saturated rings. The van der Waals surface area contributed by atoms with E-state index in [-0.39, 0.29) is 36.4 Å². The van der Waals surface area contributed by atoms with Gasteiger partial charge >= 0.3 is 43.6 Å². The van der Waals surface area contributed by atoms with Gasteiger partial charge in [-0.2, -0.15) is 69.5 Å². The van der Waals surface area contributed by atoms with Gasteiger partial charge in [-0.25, -0.2) is 0 Å². The second-order valence-corrected chi connectivity index (χ2v) is 13.6. The van der Waals surface area contributed by atoms with Gasteiger partial charge in [-0.1, -0.05) is 72.8 Å². The summed E-state index contributed by atoms with van der Waals surface area (Å²) in [5.74, 6) is -6.61. The lowest BCUT2D eigenvalue weighted by atomic mass is 9.71. The van der Waals surface area contributed by atoms with E-state index in [1.54, 1.807) is 0 Å². The Hall–Kier alpha value is -5.12. The predicted molar refractivity (Wildman–Crippen MR) is 157 cm³/mol. The highest BCUT2D eigenvalue weighted by Gasteiger charge is 2.73. The first-order valence-electron chi connectivity index (χ1n) is 13.8. The Morgan fingerprint density at radius 2 is 0.755 bits per heavy atom. The largest absolute Gasteiger partial charge is 0.534 e. The summed E-state index contributed by atoms with van der Waals surface area (Å²) < 4.78 is 225. The number of rotatable bonds is 10. The van der Waals surface area contributed by atoms with Gasteiger partial charge in [0.05, 0.1) is 11.1 Å². The lowest BCUT2D eigenvalue weighted by Crippen LogP contribution is -2.55. The average Bonchev–Trinajstić information content (AvgIpc) is 3.03.